The van der Waals surface area contributed by atoms with Crippen molar-refractivity contribution in [2.24, 2.45) is 0 Å². The van der Waals surface area contributed by atoms with E-state index in [-0.39, 0.29) is 11.4 Å². The third kappa shape index (κ3) is 3.27. The van der Waals surface area contributed by atoms with Crippen LogP contribution in [0, 0.1) is 5.82 Å². The molecule has 1 N–H and O–H groups in total. The van der Waals surface area contributed by atoms with Crippen LogP contribution in [0.3, 0.4) is 0 Å². The van der Waals surface area contributed by atoms with Crippen molar-refractivity contribution < 1.29 is 4.39 Å². The van der Waals surface area contributed by atoms with E-state index in [0.29, 0.717) is 0 Å². The normalized spacial score (nSPS) is 11.5. The number of nitrogens with one attached hydrogen (secondary N) is 1. The maximum atomic E-state index is 12.8. The van der Waals surface area contributed by atoms with Gasteiger partial charge in [0.05, 0.1) is 5.69 Å². The van der Waals surface area contributed by atoms with Crippen molar-refractivity contribution in [3.05, 3.63) is 35.5 Å². The molecule has 0 spiro atoms. The van der Waals surface area contributed by atoms with Crippen molar-refractivity contribution in [2.45, 2.75) is 26.3 Å². The van der Waals surface area contributed by atoms with Gasteiger partial charge in [0.2, 0.25) is 0 Å². The van der Waals surface area contributed by atoms with Crippen molar-refractivity contribution in [3.8, 4) is 11.3 Å². The van der Waals surface area contributed by atoms with Crippen LogP contribution in [-0.4, -0.2) is 10.5 Å². The number of benzene rings is 1. The van der Waals surface area contributed by atoms with Gasteiger partial charge in [-0.15, -0.1) is 11.3 Å². The van der Waals surface area contributed by atoms with Crippen molar-refractivity contribution in [2.75, 3.05) is 5.32 Å². The van der Waals surface area contributed by atoms with Crippen molar-refractivity contribution in [1.29, 1.82) is 0 Å². The quantitative estimate of drug-likeness (QED) is 0.865. The summed E-state index contributed by atoms with van der Waals surface area (Å²) in [7, 11) is 0. The molecule has 0 amide bonds. The molecule has 0 fully saturated rings. The highest BCUT2D eigenvalue weighted by Gasteiger charge is 2.12. The van der Waals surface area contributed by atoms with Crippen molar-refractivity contribution >= 4 is 16.5 Å². The Morgan fingerprint density at radius 2 is 1.82 bits per heavy atom. The minimum atomic E-state index is -0.225. The molecule has 0 aliphatic rings. The molecule has 0 atom stereocenters. The van der Waals surface area contributed by atoms with Crippen LogP contribution < -0.4 is 5.32 Å². The Kier molecular flexibility index (Phi) is 3.15. The third-order valence-corrected chi connectivity index (χ3v) is 2.88. The van der Waals surface area contributed by atoms with E-state index in [1.165, 1.54) is 12.1 Å². The molecule has 1 heterocycles. The molecule has 0 aliphatic heterocycles. The van der Waals surface area contributed by atoms with Gasteiger partial charge in [0.15, 0.2) is 5.13 Å². The van der Waals surface area contributed by atoms with E-state index in [2.05, 4.69) is 31.1 Å². The van der Waals surface area contributed by atoms with E-state index < -0.39 is 0 Å². The predicted molar refractivity (Wildman–Crippen MR) is 70.9 cm³/mol. The zero-order valence-electron chi connectivity index (χ0n) is 10.1. The van der Waals surface area contributed by atoms with Gasteiger partial charge in [0, 0.05) is 16.5 Å². The third-order valence-electron chi connectivity index (χ3n) is 2.13. The number of thiazole rings is 1. The Bertz CT molecular complexity index is 497. The number of hydrogen-bond acceptors (Lipinski definition) is 3. The smallest absolute Gasteiger partial charge is 0.183 e. The largest absolute Gasteiger partial charge is 0.357 e. The van der Waals surface area contributed by atoms with Gasteiger partial charge in [-0.1, -0.05) is 0 Å². The summed E-state index contributed by atoms with van der Waals surface area (Å²) in [5.74, 6) is -0.225. The van der Waals surface area contributed by atoms with Gasteiger partial charge in [-0.25, -0.2) is 9.37 Å². The molecule has 4 heteroatoms. The predicted octanol–water partition coefficient (Wildman–Crippen LogP) is 4.16. The standard InChI is InChI=1S/C13H15FN2S/c1-13(2,3)16-12-15-11(8-17-12)9-4-6-10(14)7-5-9/h4-8H,1-3H3,(H,15,16). The number of aromatic nitrogens is 1. The Labute approximate surface area is 105 Å². The second kappa shape index (κ2) is 4.45. The van der Waals surface area contributed by atoms with Gasteiger partial charge in [-0.3, -0.25) is 0 Å². The first-order chi connectivity index (χ1) is 7.94. The van der Waals surface area contributed by atoms with Crippen LogP contribution in [0.1, 0.15) is 20.8 Å². The molecule has 2 nitrogen and oxygen atoms in total. The molecule has 1 aromatic heterocycles. The molecule has 0 saturated carbocycles. The lowest BCUT2D eigenvalue weighted by atomic mass is 10.1. The lowest BCUT2D eigenvalue weighted by Crippen LogP contribution is -2.25. The zero-order chi connectivity index (χ0) is 12.5. The number of rotatable bonds is 2. The van der Waals surface area contributed by atoms with Gasteiger partial charge in [-0.2, -0.15) is 0 Å². The van der Waals surface area contributed by atoms with Crippen LogP contribution in [0.5, 0.6) is 0 Å². The fourth-order valence-electron chi connectivity index (χ4n) is 1.41. The lowest BCUT2D eigenvalue weighted by Gasteiger charge is -2.19. The average molecular weight is 250 g/mol. The number of nitrogens with zero attached hydrogens (tertiary/aromatic N) is 1. The summed E-state index contributed by atoms with van der Waals surface area (Å²) >= 11 is 1.56. The first-order valence-electron chi connectivity index (χ1n) is 5.44. The Morgan fingerprint density at radius 3 is 2.41 bits per heavy atom. The molecule has 2 aromatic rings. The molecule has 0 bridgehead atoms. The lowest BCUT2D eigenvalue weighted by molar-refractivity contribution is 0.628. The first kappa shape index (κ1) is 12.0. The topological polar surface area (TPSA) is 24.9 Å². The summed E-state index contributed by atoms with van der Waals surface area (Å²) in [6.07, 6.45) is 0. The molecule has 1 aromatic carbocycles. The van der Waals surface area contributed by atoms with E-state index in [4.69, 9.17) is 0 Å². The van der Waals surface area contributed by atoms with Gasteiger partial charge in [-0.05, 0) is 45.0 Å². The highest BCUT2D eigenvalue weighted by Crippen LogP contribution is 2.26. The van der Waals surface area contributed by atoms with Crippen LogP contribution in [0.4, 0.5) is 9.52 Å². The van der Waals surface area contributed by atoms with Gasteiger partial charge < -0.3 is 5.32 Å². The summed E-state index contributed by atoms with van der Waals surface area (Å²) in [4.78, 5) is 4.48. The van der Waals surface area contributed by atoms with Crippen molar-refractivity contribution in [1.82, 2.24) is 4.98 Å². The maximum Gasteiger partial charge on any atom is 0.183 e. The molecular formula is C13H15FN2S. The molecule has 0 radical (unpaired) electrons. The van der Waals surface area contributed by atoms with Crippen LogP contribution >= 0.6 is 11.3 Å². The van der Waals surface area contributed by atoms with Crippen LogP contribution in [0.2, 0.25) is 0 Å². The van der Waals surface area contributed by atoms with E-state index in [1.54, 1.807) is 23.5 Å². The number of halogens is 1. The van der Waals surface area contributed by atoms with E-state index in [0.717, 1.165) is 16.4 Å². The van der Waals surface area contributed by atoms with Crippen LogP contribution in [-0.2, 0) is 0 Å². The highest BCUT2D eigenvalue weighted by molar-refractivity contribution is 7.14. The van der Waals surface area contributed by atoms with Gasteiger partial charge in [0.25, 0.3) is 0 Å². The molecular weight excluding hydrogens is 235 g/mol. The highest BCUT2D eigenvalue weighted by atomic mass is 32.1. The van der Waals surface area contributed by atoms with Gasteiger partial charge >= 0.3 is 0 Å². The molecule has 2 rings (SSSR count). The molecule has 0 aliphatic carbocycles. The second-order valence-electron chi connectivity index (χ2n) is 4.92. The fraction of sp³-hybridized carbons (Fsp3) is 0.308. The van der Waals surface area contributed by atoms with Crippen molar-refractivity contribution in [3.63, 3.8) is 0 Å². The summed E-state index contributed by atoms with van der Waals surface area (Å²) in [5.41, 5.74) is 1.81. The fourth-order valence-corrected chi connectivity index (χ4v) is 2.33. The molecule has 0 unspecified atom stereocenters. The first-order valence-corrected chi connectivity index (χ1v) is 6.32. The maximum absolute atomic E-state index is 12.8. The summed E-state index contributed by atoms with van der Waals surface area (Å²) < 4.78 is 12.8. The Morgan fingerprint density at radius 1 is 1.18 bits per heavy atom. The van der Waals surface area contributed by atoms with Crippen LogP contribution in [0.25, 0.3) is 11.3 Å². The SMILES string of the molecule is CC(C)(C)Nc1nc(-c2ccc(F)cc2)cs1. The van der Waals surface area contributed by atoms with E-state index in [1.807, 2.05) is 5.38 Å². The Hall–Kier alpha value is -1.42. The average Bonchev–Trinajstić information content (AvgIpc) is 2.64. The summed E-state index contributed by atoms with van der Waals surface area (Å²) in [5, 5.41) is 6.18. The zero-order valence-corrected chi connectivity index (χ0v) is 10.9. The minimum Gasteiger partial charge on any atom is -0.357 e. The minimum absolute atomic E-state index is 0.00206. The van der Waals surface area contributed by atoms with E-state index >= 15 is 0 Å². The molecule has 17 heavy (non-hydrogen) atoms. The monoisotopic (exact) mass is 250 g/mol. The molecule has 90 valence electrons. The number of hydrogen-bond donors (Lipinski definition) is 1. The van der Waals surface area contributed by atoms with Gasteiger partial charge in [0.1, 0.15) is 5.82 Å². The van der Waals surface area contributed by atoms with Crippen LogP contribution in [0.15, 0.2) is 29.6 Å². The molecule has 0 saturated heterocycles. The van der Waals surface area contributed by atoms with E-state index in [9.17, 15) is 4.39 Å². The summed E-state index contributed by atoms with van der Waals surface area (Å²) in [6.45, 7) is 6.27. The second-order valence-corrected chi connectivity index (χ2v) is 5.78. The number of anilines is 1. The Balaban J connectivity index is 2.21. The summed E-state index contributed by atoms with van der Waals surface area (Å²) in [6, 6.07) is 6.38.